The van der Waals surface area contributed by atoms with Crippen molar-refractivity contribution in [1.29, 1.82) is 0 Å². The number of halogens is 2. The van der Waals surface area contributed by atoms with E-state index in [9.17, 15) is 9.59 Å². The first-order valence-electron chi connectivity index (χ1n) is 2.36. The zero-order valence-electron chi connectivity index (χ0n) is 5.01. The maximum Gasteiger partial charge on any atom is 0.254 e. The molecule has 0 heterocycles. The molecule has 0 bridgehead atoms. The average molecular weight is 274 g/mol. The molecule has 0 saturated carbocycles. The fourth-order valence-electron chi connectivity index (χ4n) is 0.268. The standard InChI is InChI=1S/C4H6Br2N2O2/c5-1-3(9)8(7)4(10)2-6/h1-2,7H2. The summed E-state index contributed by atoms with van der Waals surface area (Å²) in [4.78, 5) is 21.2. The van der Waals surface area contributed by atoms with Crippen LogP contribution in [-0.4, -0.2) is 27.5 Å². The molecule has 10 heavy (non-hydrogen) atoms. The first-order chi connectivity index (χ1) is 4.63. The van der Waals surface area contributed by atoms with Gasteiger partial charge in [-0.05, 0) is 0 Å². The number of hydrogen-bond acceptors (Lipinski definition) is 3. The van der Waals surface area contributed by atoms with Crippen molar-refractivity contribution in [3.8, 4) is 0 Å². The Morgan fingerprint density at radius 1 is 1.20 bits per heavy atom. The van der Waals surface area contributed by atoms with Crippen LogP contribution in [0.3, 0.4) is 0 Å². The molecule has 0 aromatic rings. The Bertz CT molecular complexity index is 134. The van der Waals surface area contributed by atoms with Gasteiger partial charge < -0.3 is 0 Å². The molecule has 58 valence electrons. The monoisotopic (exact) mass is 272 g/mol. The molecule has 0 atom stereocenters. The molecule has 0 fully saturated rings. The maximum absolute atomic E-state index is 10.6. The van der Waals surface area contributed by atoms with Gasteiger partial charge in [0.25, 0.3) is 11.8 Å². The van der Waals surface area contributed by atoms with Gasteiger partial charge in [0.1, 0.15) is 0 Å². The SMILES string of the molecule is NN(C(=O)CBr)C(=O)CBr. The number of hydrazine groups is 1. The molecule has 2 N–H and O–H groups in total. The highest BCUT2D eigenvalue weighted by Crippen LogP contribution is 1.90. The lowest BCUT2D eigenvalue weighted by molar-refractivity contribution is -0.141. The molecule has 0 aliphatic rings. The number of nitrogens with zero attached hydrogens (tertiary/aromatic N) is 1. The fraction of sp³-hybridized carbons (Fsp3) is 0.500. The minimum absolute atomic E-state index is 0.0578. The van der Waals surface area contributed by atoms with Gasteiger partial charge in [-0.3, -0.25) is 9.59 Å². The van der Waals surface area contributed by atoms with E-state index in [0.717, 1.165) is 0 Å². The topological polar surface area (TPSA) is 63.4 Å². The molecule has 0 unspecified atom stereocenters. The summed E-state index contributed by atoms with van der Waals surface area (Å²) in [6.07, 6.45) is 0. The van der Waals surface area contributed by atoms with Gasteiger partial charge >= 0.3 is 0 Å². The second-order valence-electron chi connectivity index (χ2n) is 1.42. The van der Waals surface area contributed by atoms with Crippen LogP contribution in [0.15, 0.2) is 0 Å². The van der Waals surface area contributed by atoms with Gasteiger partial charge in [0.05, 0.1) is 10.7 Å². The first-order valence-corrected chi connectivity index (χ1v) is 4.60. The molecule has 0 aromatic carbocycles. The van der Waals surface area contributed by atoms with Crippen LogP contribution in [0.2, 0.25) is 0 Å². The summed E-state index contributed by atoms with van der Waals surface area (Å²) in [6, 6.07) is 0. The Balaban J connectivity index is 3.94. The van der Waals surface area contributed by atoms with Crippen LogP contribution in [0.25, 0.3) is 0 Å². The van der Waals surface area contributed by atoms with Gasteiger partial charge in [0, 0.05) is 0 Å². The molecule has 0 aliphatic carbocycles. The molecule has 0 spiro atoms. The van der Waals surface area contributed by atoms with Crippen molar-refractivity contribution in [2.45, 2.75) is 0 Å². The third-order valence-electron chi connectivity index (χ3n) is 0.766. The van der Waals surface area contributed by atoms with Crippen LogP contribution in [0, 0.1) is 0 Å². The molecule has 2 amide bonds. The van der Waals surface area contributed by atoms with E-state index in [1.165, 1.54) is 0 Å². The van der Waals surface area contributed by atoms with Crippen molar-refractivity contribution in [1.82, 2.24) is 5.01 Å². The Morgan fingerprint density at radius 2 is 1.50 bits per heavy atom. The van der Waals surface area contributed by atoms with Crippen molar-refractivity contribution in [2.75, 3.05) is 10.7 Å². The van der Waals surface area contributed by atoms with Crippen LogP contribution in [-0.2, 0) is 9.59 Å². The summed E-state index contributed by atoms with van der Waals surface area (Å²) in [5.41, 5.74) is 0. The van der Waals surface area contributed by atoms with E-state index in [1.807, 2.05) is 0 Å². The number of hydrogen-bond donors (Lipinski definition) is 1. The summed E-state index contributed by atoms with van der Waals surface area (Å²) in [6.45, 7) is 0. The number of carbonyl (C=O) groups is 2. The number of imide groups is 1. The van der Waals surface area contributed by atoms with Gasteiger partial charge in [-0.15, -0.1) is 0 Å². The Hall–Kier alpha value is 0.0600. The Labute approximate surface area is 75.0 Å². The van der Waals surface area contributed by atoms with Gasteiger partial charge in [0.15, 0.2) is 0 Å². The largest absolute Gasteiger partial charge is 0.272 e. The number of carbonyl (C=O) groups excluding carboxylic acids is 2. The van der Waals surface area contributed by atoms with Crippen molar-refractivity contribution in [3.05, 3.63) is 0 Å². The number of nitrogens with two attached hydrogens (primary N) is 1. The summed E-state index contributed by atoms with van der Waals surface area (Å²) >= 11 is 5.75. The van der Waals surface area contributed by atoms with E-state index in [2.05, 4.69) is 31.9 Å². The van der Waals surface area contributed by atoms with Gasteiger partial charge in [0.2, 0.25) is 0 Å². The molecule has 0 aliphatic heterocycles. The van der Waals surface area contributed by atoms with Crippen molar-refractivity contribution >= 4 is 43.7 Å². The Morgan fingerprint density at radius 3 is 1.70 bits per heavy atom. The quantitative estimate of drug-likeness (QED) is 0.334. The number of rotatable bonds is 2. The second kappa shape index (κ2) is 4.81. The highest BCUT2D eigenvalue weighted by atomic mass is 79.9. The third kappa shape index (κ3) is 2.76. The van der Waals surface area contributed by atoms with Gasteiger partial charge in [-0.2, -0.15) is 0 Å². The lowest BCUT2D eigenvalue weighted by Gasteiger charge is -2.10. The normalized spacial score (nSPS) is 9.10. The molecule has 6 heteroatoms. The molecule has 0 radical (unpaired) electrons. The molecular weight excluding hydrogens is 268 g/mol. The second-order valence-corrected chi connectivity index (χ2v) is 2.55. The van der Waals surface area contributed by atoms with Crippen molar-refractivity contribution in [3.63, 3.8) is 0 Å². The highest BCUT2D eigenvalue weighted by Gasteiger charge is 2.13. The highest BCUT2D eigenvalue weighted by molar-refractivity contribution is 9.09. The lowest BCUT2D eigenvalue weighted by atomic mass is 10.6. The van der Waals surface area contributed by atoms with Crippen LogP contribution in [0.1, 0.15) is 0 Å². The fourth-order valence-corrected chi connectivity index (χ4v) is 0.808. The molecule has 4 nitrogen and oxygen atoms in total. The van der Waals surface area contributed by atoms with E-state index in [4.69, 9.17) is 5.84 Å². The zero-order chi connectivity index (χ0) is 8.15. The van der Waals surface area contributed by atoms with Crippen molar-refractivity contribution < 1.29 is 9.59 Å². The van der Waals surface area contributed by atoms with E-state index in [-0.39, 0.29) is 10.7 Å². The van der Waals surface area contributed by atoms with E-state index in [0.29, 0.717) is 5.01 Å². The summed E-state index contributed by atoms with van der Waals surface area (Å²) in [7, 11) is 0. The number of amides is 2. The van der Waals surface area contributed by atoms with Gasteiger partial charge in [-0.1, -0.05) is 31.9 Å². The van der Waals surface area contributed by atoms with E-state index >= 15 is 0 Å². The minimum Gasteiger partial charge on any atom is -0.272 e. The predicted molar refractivity (Wildman–Crippen MR) is 43.6 cm³/mol. The molecule has 0 aromatic heterocycles. The third-order valence-corrected chi connectivity index (χ3v) is 1.73. The molecule has 0 rings (SSSR count). The average Bonchev–Trinajstić information content (AvgIpc) is 2.00. The Kier molecular flexibility index (Phi) is 4.84. The summed E-state index contributed by atoms with van der Waals surface area (Å²) in [5.74, 6) is 4.15. The van der Waals surface area contributed by atoms with E-state index < -0.39 is 11.8 Å². The zero-order valence-corrected chi connectivity index (χ0v) is 8.18. The number of alkyl halides is 2. The minimum atomic E-state index is -0.454. The van der Waals surface area contributed by atoms with Crippen LogP contribution >= 0.6 is 31.9 Å². The van der Waals surface area contributed by atoms with Gasteiger partial charge in [-0.25, -0.2) is 10.9 Å². The summed E-state index contributed by atoms with van der Waals surface area (Å²) < 4.78 is 0. The smallest absolute Gasteiger partial charge is 0.254 e. The molecular formula is C4H6Br2N2O2. The van der Waals surface area contributed by atoms with Crippen molar-refractivity contribution in [2.24, 2.45) is 5.84 Å². The predicted octanol–water partition coefficient (Wildman–Crippen LogP) is 0.00510. The molecule has 0 saturated heterocycles. The van der Waals surface area contributed by atoms with Crippen LogP contribution in [0.5, 0.6) is 0 Å². The van der Waals surface area contributed by atoms with Crippen LogP contribution < -0.4 is 5.84 Å². The lowest BCUT2D eigenvalue weighted by Crippen LogP contribution is -2.43. The summed E-state index contributed by atoms with van der Waals surface area (Å²) in [5, 5.41) is 0.688. The first kappa shape index (κ1) is 10.1. The van der Waals surface area contributed by atoms with Crippen LogP contribution in [0.4, 0.5) is 0 Å². The van der Waals surface area contributed by atoms with E-state index in [1.54, 1.807) is 0 Å². The maximum atomic E-state index is 10.6.